The van der Waals surface area contributed by atoms with Gasteiger partial charge in [0.25, 0.3) is 0 Å². The van der Waals surface area contributed by atoms with E-state index in [1.165, 1.54) is 6.08 Å². The Bertz CT molecular complexity index is 994. The summed E-state index contributed by atoms with van der Waals surface area (Å²) in [5.74, 6) is -4.73. The second kappa shape index (κ2) is 9.05. The minimum absolute atomic E-state index is 0.0664. The summed E-state index contributed by atoms with van der Waals surface area (Å²) in [5, 5.41) is 11.5. The van der Waals surface area contributed by atoms with Crippen molar-refractivity contribution in [3.8, 4) is 0 Å². The summed E-state index contributed by atoms with van der Waals surface area (Å²) in [4.78, 5) is 38.3. The Balaban J connectivity index is 1.80. The largest absolute Gasteiger partial charge is 0.450 e. The van der Waals surface area contributed by atoms with Crippen LogP contribution in [0, 0.1) is 34.5 Å². The summed E-state index contributed by atoms with van der Waals surface area (Å²) in [6.07, 6.45) is 2.08. The number of esters is 1. The van der Waals surface area contributed by atoms with Gasteiger partial charge in [0.05, 0.1) is 12.0 Å². The van der Waals surface area contributed by atoms with Gasteiger partial charge in [-0.2, -0.15) is 0 Å². The number of ketones is 2. The smallest absolute Gasteiger partial charge is 0.306 e. The Kier molecular flexibility index (Phi) is 6.85. The van der Waals surface area contributed by atoms with Crippen LogP contribution in [0.2, 0.25) is 0 Å². The van der Waals surface area contributed by atoms with Gasteiger partial charge in [-0.05, 0) is 43.6 Å². The van der Waals surface area contributed by atoms with Crippen molar-refractivity contribution in [1.82, 2.24) is 0 Å². The number of aliphatic hydroxyl groups is 1. The van der Waals surface area contributed by atoms with E-state index >= 15 is 4.39 Å². The van der Waals surface area contributed by atoms with Gasteiger partial charge in [0.15, 0.2) is 17.2 Å². The van der Waals surface area contributed by atoms with Crippen LogP contribution in [-0.2, 0) is 19.1 Å². The van der Waals surface area contributed by atoms with Crippen molar-refractivity contribution in [2.24, 2.45) is 34.5 Å². The van der Waals surface area contributed by atoms with Gasteiger partial charge in [-0.1, -0.05) is 40.2 Å². The molecule has 0 amide bonds. The first kappa shape index (κ1) is 26.5. The molecular formula is C27H35ClF2O5. The maximum absolute atomic E-state index is 15.6. The topological polar surface area (TPSA) is 80.7 Å². The molecule has 0 spiro atoms. The molecule has 0 unspecified atom stereocenters. The minimum atomic E-state index is -1.69. The highest BCUT2D eigenvalue weighted by Gasteiger charge is 2.73. The lowest BCUT2D eigenvalue weighted by atomic mass is 9.45. The SMILES string of the molecule is CCCCC(=O)O[C@]1(C(=O)CCl)[C@@H](C)C[C@H]2[C@@H]3C[C@H](F)C4=C(F)C(=O)C=C[C@]4(C)[C@H]3[C@@H](O)C[C@@]21C. The molecule has 35 heavy (non-hydrogen) atoms. The molecule has 0 heterocycles. The predicted octanol–water partition coefficient (Wildman–Crippen LogP) is 5.04. The maximum atomic E-state index is 15.6. The van der Waals surface area contributed by atoms with E-state index in [0.717, 1.165) is 12.5 Å². The summed E-state index contributed by atoms with van der Waals surface area (Å²) in [6.45, 7) is 7.33. The number of ether oxygens (including phenoxy) is 1. The number of alkyl halides is 2. The maximum Gasteiger partial charge on any atom is 0.306 e. The van der Waals surface area contributed by atoms with Crippen LogP contribution in [0.15, 0.2) is 23.6 Å². The normalized spacial score (nSPS) is 44.5. The van der Waals surface area contributed by atoms with Gasteiger partial charge in [-0.25, -0.2) is 8.78 Å². The van der Waals surface area contributed by atoms with E-state index in [-0.39, 0.29) is 42.6 Å². The molecule has 8 heteroatoms. The monoisotopic (exact) mass is 512 g/mol. The highest BCUT2D eigenvalue weighted by Crippen LogP contribution is 2.69. The number of carbonyl (C=O) groups is 3. The summed E-state index contributed by atoms with van der Waals surface area (Å²) in [5.41, 5.74) is -3.84. The van der Waals surface area contributed by atoms with Gasteiger partial charge in [0, 0.05) is 34.7 Å². The van der Waals surface area contributed by atoms with Crippen molar-refractivity contribution in [3.63, 3.8) is 0 Å². The van der Waals surface area contributed by atoms with Gasteiger partial charge in [-0.15, -0.1) is 11.6 Å². The van der Waals surface area contributed by atoms with Crippen LogP contribution in [-0.4, -0.2) is 46.4 Å². The number of allylic oxidation sites excluding steroid dienone is 4. The van der Waals surface area contributed by atoms with Crippen LogP contribution in [0.1, 0.15) is 66.2 Å². The molecule has 0 saturated heterocycles. The summed E-state index contributed by atoms with van der Waals surface area (Å²) in [6, 6.07) is 0. The van der Waals surface area contributed by atoms with Crippen molar-refractivity contribution in [1.29, 1.82) is 0 Å². The Morgan fingerprint density at radius 1 is 1.29 bits per heavy atom. The molecule has 9 atom stereocenters. The van der Waals surface area contributed by atoms with Crippen LogP contribution in [0.3, 0.4) is 0 Å². The Morgan fingerprint density at radius 3 is 2.60 bits per heavy atom. The summed E-state index contributed by atoms with van der Waals surface area (Å²) >= 11 is 6.06. The molecule has 4 aliphatic carbocycles. The van der Waals surface area contributed by atoms with Crippen LogP contribution in [0.4, 0.5) is 8.78 Å². The number of halogens is 3. The number of Topliss-reactive ketones (excluding diaryl/α,β-unsaturated/α-hetero) is 1. The molecule has 1 N–H and O–H groups in total. The third-order valence-electron chi connectivity index (χ3n) is 9.64. The fourth-order valence-electron chi connectivity index (χ4n) is 8.27. The third kappa shape index (κ3) is 3.58. The zero-order valence-electron chi connectivity index (χ0n) is 20.8. The van der Waals surface area contributed by atoms with Crippen LogP contribution in [0.5, 0.6) is 0 Å². The lowest BCUT2D eigenvalue weighted by Crippen LogP contribution is -2.64. The standard InChI is InChI=1S/C27H35ClF2O5/c1-5-6-7-21(34)35-27(20(33)13-28)14(2)10-16-15-11-17(29)23-24(30)18(31)8-9-25(23,3)22(15)19(32)12-26(16,27)4/h8-9,14-17,19,22,32H,5-7,10-13H2,1-4H3/t14-,15-,16-,17-,19-,22+,25+,26-,27-/m0/s1. The number of carbonyl (C=O) groups excluding carboxylic acids is 3. The molecule has 194 valence electrons. The van der Waals surface area contributed by atoms with E-state index in [9.17, 15) is 23.9 Å². The van der Waals surface area contributed by atoms with Crippen molar-refractivity contribution in [2.75, 3.05) is 5.88 Å². The molecular weight excluding hydrogens is 478 g/mol. The average molecular weight is 513 g/mol. The zero-order chi connectivity index (χ0) is 25.9. The average Bonchev–Trinajstić information content (AvgIpc) is 3.01. The van der Waals surface area contributed by atoms with E-state index < -0.39 is 63.9 Å². The zero-order valence-corrected chi connectivity index (χ0v) is 21.5. The number of fused-ring (bicyclic) bond motifs is 5. The Labute approximate surface area is 210 Å². The van der Waals surface area contributed by atoms with E-state index in [1.54, 1.807) is 6.92 Å². The van der Waals surface area contributed by atoms with Gasteiger partial charge in [-0.3, -0.25) is 14.4 Å². The Hall–Kier alpha value is -1.60. The fourth-order valence-corrected chi connectivity index (χ4v) is 8.47. The highest BCUT2D eigenvalue weighted by molar-refractivity contribution is 6.29. The molecule has 0 aromatic carbocycles. The molecule has 0 aromatic rings. The van der Waals surface area contributed by atoms with Crippen molar-refractivity contribution in [2.45, 2.75) is 84.1 Å². The molecule has 0 aliphatic heterocycles. The first-order valence-corrected chi connectivity index (χ1v) is 13.2. The first-order chi connectivity index (χ1) is 16.4. The number of hydrogen-bond acceptors (Lipinski definition) is 5. The molecule has 0 aromatic heterocycles. The number of aliphatic hydroxyl groups excluding tert-OH is 1. The van der Waals surface area contributed by atoms with Gasteiger partial charge in [0.2, 0.25) is 5.78 Å². The van der Waals surface area contributed by atoms with Crippen molar-refractivity contribution < 1.29 is 33.0 Å². The van der Waals surface area contributed by atoms with E-state index in [4.69, 9.17) is 16.3 Å². The molecule has 5 nitrogen and oxygen atoms in total. The van der Waals surface area contributed by atoms with Crippen molar-refractivity contribution in [3.05, 3.63) is 23.6 Å². The third-order valence-corrected chi connectivity index (χ3v) is 9.88. The van der Waals surface area contributed by atoms with Crippen LogP contribution >= 0.6 is 11.6 Å². The quantitative estimate of drug-likeness (QED) is 0.398. The molecule has 4 rings (SSSR count). The van der Waals surface area contributed by atoms with Crippen LogP contribution in [0.25, 0.3) is 0 Å². The van der Waals surface area contributed by atoms with Gasteiger partial charge >= 0.3 is 5.97 Å². The second-order valence-electron chi connectivity index (χ2n) is 11.4. The van der Waals surface area contributed by atoms with Gasteiger partial charge < -0.3 is 9.84 Å². The molecule has 3 saturated carbocycles. The Morgan fingerprint density at radius 2 is 1.97 bits per heavy atom. The van der Waals surface area contributed by atoms with Gasteiger partial charge in [0.1, 0.15) is 6.17 Å². The van der Waals surface area contributed by atoms with Crippen LogP contribution < -0.4 is 0 Å². The molecule has 0 bridgehead atoms. The molecule has 3 fully saturated rings. The minimum Gasteiger partial charge on any atom is -0.450 e. The number of unbranched alkanes of at least 4 members (excludes halogenated alkanes) is 1. The lowest BCUT2D eigenvalue weighted by Gasteiger charge is -2.60. The second-order valence-corrected chi connectivity index (χ2v) is 11.7. The molecule has 0 radical (unpaired) electrons. The summed E-state index contributed by atoms with van der Waals surface area (Å²) in [7, 11) is 0. The van der Waals surface area contributed by atoms with E-state index in [0.29, 0.717) is 12.8 Å². The number of hydrogen-bond donors (Lipinski definition) is 1. The van der Waals surface area contributed by atoms with Crippen molar-refractivity contribution >= 4 is 29.1 Å². The van der Waals surface area contributed by atoms with E-state index in [1.807, 2.05) is 20.8 Å². The number of rotatable bonds is 6. The predicted molar refractivity (Wildman–Crippen MR) is 127 cm³/mol. The first-order valence-electron chi connectivity index (χ1n) is 12.7. The fraction of sp³-hybridized carbons (Fsp3) is 0.741. The summed E-state index contributed by atoms with van der Waals surface area (Å²) < 4.78 is 36.5. The molecule has 4 aliphatic rings. The van der Waals surface area contributed by atoms with E-state index in [2.05, 4.69) is 0 Å². The highest BCUT2D eigenvalue weighted by atomic mass is 35.5. The lowest BCUT2D eigenvalue weighted by molar-refractivity contribution is -0.204.